The molecule has 0 saturated heterocycles. The van der Waals surface area contributed by atoms with Crippen LogP contribution in [0.15, 0.2) is 48.7 Å². The lowest BCUT2D eigenvalue weighted by Gasteiger charge is -2.09. The highest BCUT2D eigenvalue weighted by atomic mass is 32.1. The number of amides is 1. The molecule has 0 aliphatic carbocycles. The number of nitrogens with one attached hydrogen (secondary N) is 1. The molecule has 0 bridgehead atoms. The first-order valence-corrected chi connectivity index (χ1v) is 10.4. The summed E-state index contributed by atoms with van der Waals surface area (Å²) in [5.41, 5.74) is 4.30. The van der Waals surface area contributed by atoms with Crippen LogP contribution in [0, 0.1) is 20.8 Å². The minimum atomic E-state index is -0.426. The zero-order valence-corrected chi connectivity index (χ0v) is 17.9. The predicted octanol–water partition coefficient (Wildman–Crippen LogP) is 4.44. The molecule has 0 aliphatic heterocycles. The van der Waals surface area contributed by atoms with Crippen molar-refractivity contribution in [1.29, 1.82) is 0 Å². The Labute approximate surface area is 175 Å². The van der Waals surface area contributed by atoms with Gasteiger partial charge < -0.3 is 10.1 Å². The molecule has 1 aromatic carbocycles. The molecule has 3 aromatic rings. The van der Waals surface area contributed by atoms with E-state index in [0.717, 1.165) is 27.3 Å². The standard InChI is InChI=1S/C23H24N2O3S/c1-5-28-23(27)21-20(18-11-7-6-8-12-18)17(4)29-22(21)24-19(26)14-25-13-9-10-15(2)16(25)3/h6-13H,5,14H2,1-4H3/p+1. The number of pyridine rings is 1. The second kappa shape index (κ2) is 9.01. The summed E-state index contributed by atoms with van der Waals surface area (Å²) in [6.45, 7) is 8.16. The molecule has 0 spiro atoms. The van der Waals surface area contributed by atoms with Crippen LogP contribution in [0.25, 0.3) is 11.1 Å². The van der Waals surface area contributed by atoms with Crippen LogP contribution in [0.5, 0.6) is 0 Å². The summed E-state index contributed by atoms with van der Waals surface area (Å²) in [6, 6.07) is 13.6. The van der Waals surface area contributed by atoms with Gasteiger partial charge in [-0.15, -0.1) is 11.3 Å². The van der Waals surface area contributed by atoms with Crippen molar-refractivity contribution in [3.05, 3.63) is 70.4 Å². The van der Waals surface area contributed by atoms with E-state index in [1.165, 1.54) is 11.3 Å². The summed E-state index contributed by atoms with van der Waals surface area (Å²) < 4.78 is 7.19. The first-order chi connectivity index (χ1) is 13.9. The molecule has 29 heavy (non-hydrogen) atoms. The Balaban J connectivity index is 1.95. The second-order valence-electron chi connectivity index (χ2n) is 6.78. The Hall–Kier alpha value is -2.99. The number of aromatic nitrogens is 1. The lowest BCUT2D eigenvalue weighted by Crippen LogP contribution is -2.43. The van der Waals surface area contributed by atoms with Crippen molar-refractivity contribution in [2.75, 3.05) is 11.9 Å². The summed E-state index contributed by atoms with van der Waals surface area (Å²) in [7, 11) is 0. The summed E-state index contributed by atoms with van der Waals surface area (Å²) in [6.07, 6.45) is 1.88. The van der Waals surface area contributed by atoms with Crippen molar-refractivity contribution in [2.24, 2.45) is 0 Å². The molecule has 0 atom stereocenters. The number of benzene rings is 1. The lowest BCUT2D eigenvalue weighted by atomic mass is 10.0. The Bertz CT molecular complexity index is 1040. The summed E-state index contributed by atoms with van der Waals surface area (Å²) in [5, 5.41) is 3.46. The van der Waals surface area contributed by atoms with Gasteiger partial charge >= 0.3 is 5.97 Å². The minimum absolute atomic E-state index is 0.174. The number of nitrogens with zero attached hydrogens (tertiary/aromatic N) is 1. The molecule has 6 heteroatoms. The van der Waals surface area contributed by atoms with Crippen molar-refractivity contribution < 1.29 is 18.9 Å². The molecular weight excluding hydrogens is 384 g/mol. The first kappa shape index (κ1) is 20.7. The number of anilines is 1. The third kappa shape index (κ3) is 4.54. The van der Waals surface area contributed by atoms with Gasteiger partial charge in [0.2, 0.25) is 6.54 Å². The maximum atomic E-state index is 12.8. The number of aryl methyl sites for hydroxylation is 2. The van der Waals surface area contributed by atoms with Crippen LogP contribution in [0.4, 0.5) is 5.00 Å². The van der Waals surface area contributed by atoms with E-state index in [1.54, 1.807) is 6.92 Å². The van der Waals surface area contributed by atoms with E-state index >= 15 is 0 Å². The summed E-state index contributed by atoms with van der Waals surface area (Å²) in [4.78, 5) is 26.4. The molecule has 0 saturated carbocycles. The number of hydrogen-bond acceptors (Lipinski definition) is 4. The van der Waals surface area contributed by atoms with Crippen molar-refractivity contribution >= 4 is 28.2 Å². The van der Waals surface area contributed by atoms with Crippen LogP contribution in [0.3, 0.4) is 0 Å². The van der Waals surface area contributed by atoms with Crippen LogP contribution < -0.4 is 9.88 Å². The van der Waals surface area contributed by atoms with Gasteiger partial charge in [0.05, 0.1) is 6.61 Å². The van der Waals surface area contributed by atoms with E-state index < -0.39 is 5.97 Å². The predicted molar refractivity (Wildman–Crippen MR) is 115 cm³/mol. The topological polar surface area (TPSA) is 59.3 Å². The quantitative estimate of drug-likeness (QED) is 0.484. The Morgan fingerprint density at radius 3 is 2.48 bits per heavy atom. The zero-order valence-electron chi connectivity index (χ0n) is 17.1. The number of carbonyl (C=O) groups is 2. The smallest absolute Gasteiger partial charge is 0.341 e. The van der Waals surface area contributed by atoms with Gasteiger partial charge in [-0.1, -0.05) is 30.3 Å². The highest BCUT2D eigenvalue weighted by Crippen LogP contribution is 2.40. The van der Waals surface area contributed by atoms with Gasteiger partial charge in [0.1, 0.15) is 10.6 Å². The fourth-order valence-corrected chi connectivity index (χ4v) is 4.31. The largest absolute Gasteiger partial charge is 0.462 e. The average Bonchev–Trinajstić information content (AvgIpc) is 3.02. The fraction of sp³-hybridized carbons (Fsp3) is 0.261. The van der Waals surface area contributed by atoms with Crippen molar-refractivity contribution in [3.8, 4) is 11.1 Å². The lowest BCUT2D eigenvalue weighted by molar-refractivity contribution is -0.690. The van der Waals surface area contributed by atoms with Gasteiger partial charge in [-0.25, -0.2) is 4.79 Å². The molecular formula is C23H25N2O3S+. The number of hydrogen-bond donors (Lipinski definition) is 1. The molecule has 1 N–H and O–H groups in total. The van der Waals surface area contributed by atoms with E-state index in [9.17, 15) is 9.59 Å². The molecule has 0 unspecified atom stereocenters. The van der Waals surface area contributed by atoms with Gasteiger partial charge in [0, 0.05) is 29.0 Å². The third-order valence-electron chi connectivity index (χ3n) is 4.81. The molecule has 1 amide bonds. The van der Waals surface area contributed by atoms with Gasteiger partial charge in [-0.05, 0) is 32.4 Å². The molecule has 5 nitrogen and oxygen atoms in total. The van der Waals surface area contributed by atoms with E-state index in [-0.39, 0.29) is 19.1 Å². The van der Waals surface area contributed by atoms with Gasteiger partial charge in [-0.3, -0.25) is 4.79 Å². The number of rotatable bonds is 6. The zero-order chi connectivity index (χ0) is 21.0. The number of esters is 1. The maximum absolute atomic E-state index is 12.8. The number of carbonyl (C=O) groups excluding carboxylic acids is 2. The molecule has 0 radical (unpaired) electrons. The van der Waals surface area contributed by atoms with Gasteiger partial charge in [0.25, 0.3) is 5.91 Å². The molecule has 150 valence electrons. The van der Waals surface area contributed by atoms with Gasteiger partial charge in [-0.2, -0.15) is 4.57 Å². The van der Waals surface area contributed by atoms with Crippen molar-refractivity contribution in [1.82, 2.24) is 0 Å². The maximum Gasteiger partial charge on any atom is 0.341 e. The number of ether oxygens (including phenoxy) is 1. The molecule has 0 aliphatic rings. The molecule has 0 fully saturated rings. The average molecular weight is 410 g/mol. The van der Waals surface area contributed by atoms with Gasteiger partial charge in [0.15, 0.2) is 11.9 Å². The molecule has 2 heterocycles. The van der Waals surface area contributed by atoms with Crippen molar-refractivity contribution in [3.63, 3.8) is 0 Å². The highest BCUT2D eigenvalue weighted by Gasteiger charge is 2.26. The van der Waals surface area contributed by atoms with Crippen LogP contribution in [0.1, 0.15) is 33.4 Å². The first-order valence-electron chi connectivity index (χ1n) is 9.53. The molecule has 3 rings (SSSR count). The third-order valence-corrected chi connectivity index (χ3v) is 5.83. The van der Waals surface area contributed by atoms with E-state index in [0.29, 0.717) is 10.6 Å². The Kier molecular flexibility index (Phi) is 6.44. The second-order valence-corrected chi connectivity index (χ2v) is 8.00. The van der Waals surface area contributed by atoms with E-state index in [2.05, 4.69) is 5.32 Å². The van der Waals surface area contributed by atoms with Crippen LogP contribution in [-0.4, -0.2) is 18.5 Å². The fourth-order valence-electron chi connectivity index (χ4n) is 3.23. The minimum Gasteiger partial charge on any atom is -0.462 e. The number of thiophene rings is 1. The van der Waals surface area contributed by atoms with Crippen molar-refractivity contribution in [2.45, 2.75) is 34.2 Å². The Morgan fingerprint density at radius 2 is 1.79 bits per heavy atom. The summed E-state index contributed by atoms with van der Waals surface area (Å²) >= 11 is 1.39. The van der Waals surface area contributed by atoms with E-state index in [4.69, 9.17) is 4.74 Å². The Morgan fingerprint density at radius 1 is 1.07 bits per heavy atom. The highest BCUT2D eigenvalue weighted by molar-refractivity contribution is 7.17. The van der Waals surface area contributed by atoms with Crippen LogP contribution >= 0.6 is 11.3 Å². The molecule has 2 aromatic heterocycles. The van der Waals surface area contributed by atoms with Crippen LogP contribution in [-0.2, 0) is 16.1 Å². The van der Waals surface area contributed by atoms with Crippen LogP contribution in [0.2, 0.25) is 0 Å². The van der Waals surface area contributed by atoms with E-state index in [1.807, 2.05) is 74.0 Å². The SMILES string of the molecule is CCOC(=O)c1c(NC(=O)C[n+]2cccc(C)c2C)sc(C)c1-c1ccccc1. The normalized spacial score (nSPS) is 10.6. The summed E-state index contributed by atoms with van der Waals surface area (Å²) in [5.74, 6) is -0.611. The monoisotopic (exact) mass is 409 g/mol.